The van der Waals surface area contributed by atoms with Crippen LogP contribution < -0.4 is 0 Å². The van der Waals surface area contributed by atoms with Crippen LogP contribution >= 0.6 is 0 Å². The molecule has 10 heteroatoms. The highest BCUT2D eigenvalue weighted by atomic mass is 32.2. The standard InChI is InChI=1S/C20H15F3O6S/c21-20(22,23)30(24,25)29-16-4-10-3-12-5-15-13-8-28-18(11-1-2-26-7-11)17(13)19(12,6-10)14(16)9-27-15/h1-2,4-5,7,9-10,15,18H,3,6,8H2/t10-,15-,18-,19-/m1/s1. The van der Waals surface area contributed by atoms with Gasteiger partial charge in [-0.1, -0.05) is 5.57 Å². The maximum Gasteiger partial charge on any atom is 0.534 e. The van der Waals surface area contributed by atoms with Gasteiger partial charge in [-0.2, -0.15) is 21.6 Å². The molecule has 1 saturated carbocycles. The molecule has 0 saturated heterocycles. The number of furan rings is 1. The van der Waals surface area contributed by atoms with E-state index in [-0.39, 0.29) is 11.7 Å². The van der Waals surface area contributed by atoms with E-state index >= 15 is 0 Å². The van der Waals surface area contributed by atoms with Crippen molar-refractivity contribution in [3.05, 3.63) is 70.6 Å². The fourth-order valence-corrected chi connectivity index (χ4v) is 5.95. The Kier molecular flexibility index (Phi) is 3.43. The second kappa shape index (κ2) is 5.61. The Morgan fingerprint density at radius 2 is 2.07 bits per heavy atom. The van der Waals surface area contributed by atoms with Crippen molar-refractivity contribution in [3.8, 4) is 0 Å². The predicted octanol–water partition coefficient (Wildman–Crippen LogP) is 4.03. The molecule has 1 fully saturated rings. The summed E-state index contributed by atoms with van der Waals surface area (Å²) in [7, 11) is -5.81. The van der Waals surface area contributed by atoms with E-state index in [1.807, 2.05) is 6.08 Å². The van der Waals surface area contributed by atoms with Gasteiger partial charge in [0.25, 0.3) is 0 Å². The van der Waals surface area contributed by atoms with E-state index in [0.717, 1.165) is 22.3 Å². The Hall–Kier alpha value is -2.46. The molecule has 6 nitrogen and oxygen atoms in total. The SMILES string of the molecule is O=S(=O)(OC1=C[C@H]2CC3=C[C@H]4OC=C1[C@]3(C2)C1=C4CO[C@@H]1c1ccoc1)C(F)(F)F. The quantitative estimate of drug-likeness (QED) is 0.401. The first-order valence-corrected chi connectivity index (χ1v) is 10.8. The maximum absolute atomic E-state index is 13.0. The molecular weight excluding hydrogens is 425 g/mol. The summed E-state index contributed by atoms with van der Waals surface area (Å²) in [6.07, 6.45) is 8.23. The normalized spacial score (nSPS) is 34.1. The smallest absolute Gasteiger partial charge is 0.489 e. The largest absolute Gasteiger partial charge is 0.534 e. The Labute approximate surface area is 169 Å². The van der Waals surface area contributed by atoms with Gasteiger partial charge in [-0.05, 0) is 42.6 Å². The summed E-state index contributed by atoms with van der Waals surface area (Å²) >= 11 is 0. The van der Waals surface area contributed by atoms with Gasteiger partial charge in [0.05, 0.1) is 25.4 Å². The molecule has 1 aromatic rings. The first kappa shape index (κ1) is 18.3. The lowest BCUT2D eigenvalue weighted by Gasteiger charge is -2.40. The zero-order valence-corrected chi connectivity index (χ0v) is 16.1. The van der Waals surface area contributed by atoms with Crippen molar-refractivity contribution in [2.24, 2.45) is 11.3 Å². The van der Waals surface area contributed by atoms with Gasteiger partial charge >= 0.3 is 15.6 Å². The minimum Gasteiger partial charge on any atom is -0.489 e. The number of allylic oxidation sites excluding steroid dienone is 3. The second-order valence-corrected chi connectivity index (χ2v) is 9.59. The van der Waals surface area contributed by atoms with Gasteiger partial charge in [0.1, 0.15) is 18.0 Å². The van der Waals surface area contributed by atoms with Gasteiger partial charge in [-0.15, -0.1) is 0 Å². The number of fused-ring (bicyclic) bond motifs is 2. The van der Waals surface area contributed by atoms with Gasteiger partial charge in [0.15, 0.2) is 0 Å². The molecule has 0 radical (unpaired) electrons. The second-order valence-electron chi connectivity index (χ2n) is 8.05. The Balaban J connectivity index is 1.51. The van der Waals surface area contributed by atoms with E-state index in [1.165, 1.54) is 18.6 Å². The average molecular weight is 440 g/mol. The topological polar surface area (TPSA) is 75.0 Å². The third kappa shape index (κ3) is 2.20. The van der Waals surface area contributed by atoms with Crippen LogP contribution in [0.5, 0.6) is 0 Å². The van der Waals surface area contributed by atoms with Crippen LogP contribution in [0.4, 0.5) is 13.2 Å². The van der Waals surface area contributed by atoms with E-state index in [9.17, 15) is 21.6 Å². The van der Waals surface area contributed by atoms with Crippen LogP contribution in [-0.2, 0) is 23.8 Å². The van der Waals surface area contributed by atoms with Crippen molar-refractivity contribution in [2.75, 3.05) is 6.61 Å². The maximum atomic E-state index is 13.0. The van der Waals surface area contributed by atoms with E-state index in [1.54, 1.807) is 12.3 Å². The summed E-state index contributed by atoms with van der Waals surface area (Å²) in [5.41, 5.74) is -2.44. The lowest BCUT2D eigenvalue weighted by atomic mass is 9.62. The fourth-order valence-electron chi connectivity index (χ4n) is 5.47. The number of hydrogen-bond donors (Lipinski definition) is 0. The molecule has 3 aliphatic carbocycles. The van der Waals surface area contributed by atoms with Crippen LogP contribution in [0, 0.1) is 11.3 Å². The first-order valence-electron chi connectivity index (χ1n) is 9.38. The van der Waals surface area contributed by atoms with Gasteiger partial charge < -0.3 is 18.1 Å². The molecule has 30 heavy (non-hydrogen) atoms. The Morgan fingerprint density at radius 1 is 1.23 bits per heavy atom. The van der Waals surface area contributed by atoms with Crippen molar-refractivity contribution >= 4 is 10.1 Å². The highest BCUT2D eigenvalue weighted by Crippen LogP contribution is 2.68. The van der Waals surface area contributed by atoms with Crippen LogP contribution in [0.1, 0.15) is 24.5 Å². The zero-order valence-electron chi connectivity index (χ0n) is 15.3. The van der Waals surface area contributed by atoms with Crippen molar-refractivity contribution in [1.82, 2.24) is 0 Å². The van der Waals surface area contributed by atoms with Crippen LogP contribution in [0.3, 0.4) is 0 Å². The Bertz CT molecular complexity index is 1170. The molecule has 1 aromatic heterocycles. The van der Waals surface area contributed by atoms with Crippen LogP contribution in [0.2, 0.25) is 0 Å². The summed E-state index contributed by atoms with van der Waals surface area (Å²) in [5.74, 6) is -0.470. The van der Waals surface area contributed by atoms with Crippen LogP contribution in [0.15, 0.2) is 69.5 Å². The molecule has 7 rings (SSSR count). The molecule has 0 amide bonds. The Morgan fingerprint density at radius 3 is 2.80 bits per heavy atom. The van der Waals surface area contributed by atoms with Gasteiger partial charge in [-0.25, -0.2) is 0 Å². The monoisotopic (exact) mass is 440 g/mol. The summed E-state index contributed by atoms with van der Waals surface area (Å²) in [4.78, 5) is 0. The number of alkyl halides is 3. The van der Waals surface area contributed by atoms with Crippen LogP contribution in [0.25, 0.3) is 0 Å². The van der Waals surface area contributed by atoms with E-state index in [0.29, 0.717) is 25.0 Å². The molecule has 3 aliphatic heterocycles. The highest BCUT2D eigenvalue weighted by molar-refractivity contribution is 7.87. The molecular formula is C20H15F3O6S. The van der Waals surface area contributed by atoms with Gasteiger partial charge in [-0.3, -0.25) is 0 Å². The third-order valence-corrected chi connectivity index (χ3v) is 7.51. The van der Waals surface area contributed by atoms with Crippen molar-refractivity contribution < 1.29 is 39.7 Å². The van der Waals surface area contributed by atoms with Crippen molar-refractivity contribution in [2.45, 2.75) is 30.6 Å². The first-order chi connectivity index (χ1) is 14.2. The molecule has 6 aliphatic rings. The molecule has 158 valence electrons. The molecule has 1 spiro atoms. The number of rotatable bonds is 3. The fraction of sp³-hybridized carbons (Fsp3) is 0.400. The summed E-state index contributed by atoms with van der Waals surface area (Å²) in [6.45, 7) is 0.313. The minimum atomic E-state index is -5.81. The van der Waals surface area contributed by atoms with Crippen molar-refractivity contribution in [3.63, 3.8) is 0 Å². The number of ether oxygens (including phenoxy) is 2. The summed E-state index contributed by atoms with van der Waals surface area (Å²) in [5, 5.41) is 0. The van der Waals surface area contributed by atoms with Gasteiger partial charge in [0, 0.05) is 22.1 Å². The molecule has 0 aromatic carbocycles. The van der Waals surface area contributed by atoms with Crippen molar-refractivity contribution in [1.29, 1.82) is 0 Å². The van der Waals surface area contributed by atoms with Crippen LogP contribution in [-0.4, -0.2) is 26.6 Å². The minimum absolute atomic E-state index is 0.150. The predicted molar refractivity (Wildman–Crippen MR) is 94.8 cm³/mol. The van der Waals surface area contributed by atoms with E-state index < -0.39 is 33.2 Å². The molecule has 0 unspecified atom stereocenters. The van der Waals surface area contributed by atoms with Gasteiger partial charge in [0.2, 0.25) is 0 Å². The molecule has 3 bridgehead atoms. The zero-order chi connectivity index (χ0) is 20.9. The number of hydrogen-bond acceptors (Lipinski definition) is 6. The lowest BCUT2D eigenvalue weighted by Crippen LogP contribution is -2.35. The molecule has 0 N–H and O–H groups in total. The highest BCUT2D eigenvalue weighted by Gasteiger charge is 2.61. The van der Waals surface area contributed by atoms with E-state index in [4.69, 9.17) is 13.9 Å². The molecule has 4 heterocycles. The average Bonchev–Trinajstić information content (AvgIpc) is 3.35. The summed E-state index contributed by atoms with van der Waals surface area (Å²) < 4.78 is 84.3. The third-order valence-electron chi connectivity index (χ3n) is 6.54. The van der Waals surface area contributed by atoms with E-state index in [2.05, 4.69) is 4.18 Å². The lowest BCUT2D eigenvalue weighted by molar-refractivity contribution is -0.0522. The number of halogens is 3. The summed E-state index contributed by atoms with van der Waals surface area (Å²) in [6, 6.07) is 1.78. The molecule has 4 atom stereocenters.